The zero-order valence-electron chi connectivity index (χ0n) is 11.9. The summed E-state index contributed by atoms with van der Waals surface area (Å²) in [6.45, 7) is 3.29. The summed E-state index contributed by atoms with van der Waals surface area (Å²) >= 11 is 0. The topological polar surface area (TPSA) is 98.9 Å². The minimum Gasteiger partial charge on any atom is -0.312 e. The van der Waals surface area contributed by atoms with Gasteiger partial charge in [0, 0.05) is 12.1 Å². The van der Waals surface area contributed by atoms with E-state index < -0.39 is 10.9 Å². The normalized spacial score (nSPS) is 14.1. The van der Waals surface area contributed by atoms with Crippen molar-refractivity contribution in [3.8, 4) is 0 Å². The Bertz CT molecular complexity index is 718. The standard InChI is InChI=1S/C15H12N2O5/c1-9-7-12(8-10(2)14(9)18)16-22-15(19)11-3-5-13(6-4-11)17(20)21/h3-8H,1-2H3. The number of carbonyl (C=O) groups excluding carboxylic acids is 2. The lowest BCUT2D eigenvalue weighted by atomic mass is 9.98. The number of hydrogen-bond donors (Lipinski definition) is 0. The highest BCUT2D eigenvalue weighted by Crippen LogP contribution is 2.14. The first-order valence-electron chi connectivity index (χ1n) is 6.33. The van der Waals surface area contributed by atoms with E-state index in [1.165, 1.54) is 36.4 Å². The Morgan fingerprint density at radius 3 is 2.18 bits per heavy atom. The van der Waals surface area contributed by atoms with E-state index in [1.807, 2.05) is 0 Å². The van der Waals surface area contributed by atoms with E-state index in [-0.39, 0.29) is 17.0 Å². The summed E-state index contributed by atoms with van der Waals surface area (Å²) in [5.74, 6) is -0.822. The van der Waals surface area contributed by atoms with Crippen molar-refractivity contribution >= 4 is 23.2 Å². The molecule has 0 atom stereocenters. The second kappa shape index (κ2) is 6.13. The monoisotopic (exact) mass is 300 g/mol. The summed E-state index contributed by atoms with van der Waals surface area (Å²) < 4.78 is 0. The van der Waals surface area contributed by atoms with Gasteiger partial charge in [-0.3, -0.25) is 14.9 Å². The molecule has 112 valence electrons. The van der Waals surface area contributed by atoms with Crippen molar-refractivity contribution in [2.24, 2.45) is 5.16 Å². The Balaban J connectivity index is 2.11. The second-order valence-electron chi connectivity index (χ2n) is 4.68. The van der Waals surface area contributed by atoms with Crippen LogP contribution in [0.1, 0.15) is 24.2 Å². The van der Waals surface area contributed by atoms with Gasteiger partial charge in [0.15, 0.2) is 5.78 Å². The molecule has 0 aliphatic heterocycles. The van der Waals surface area contributed by atoms with Gasteiger partial charge in [-0.2, -0.15) is 0 Å². The van der Waals surface area contributed by atoms with Crippen molar-refractivity contribution in [1.29, 1.82) is 0 Å². The summed E-state index contributed by atoms with van der Waals surface area (Å²) in [4.78, 5) is 38.1. The van der Waals surface area contributed by atoms with Crippen LogP contribution in [0.25, 0.3) is 0 Å². The maximum atomic E-state index is 11.8. The Kier molecular flexibility index (Phi) is 4.26. The number of benzene rings is 1. The Morgan fingerprint density at radius 1 is 1.14 bits per heavy atom. The molecule has 0 saturated heterocycles. The van der Waals surface area contributed by atoms with Crippen LogP contribution in [0.2, 0.25) is 0 Å². The molecule has 1 aliphatic carbocycles. The Morgan fingerprint density at radius 2 is 1.68 bits per heavy atom. The molecule has 0 saturated carbocycles. The minimum atomic E-state index is -0.739. The van der Waals surface area contributed by atoms with Crippen LogP contribution >= 0.6 is 0 Å². The minimum absolute atomic E-state index is 0.0827. The first kappa shape index (κ1) is 15.3. The number of non-ortho nitro benzene ring substituents is 1. The maximum absolute atomic E-state index is 11.8. The van der Waals surface area contributed by atoms with Gasteiger partial charge in [0.25, 0.3) is 5.69 Å². The Labute approximate surface area is 125 Å². The van der Waals surface area contributed by atoms with Gasteiger partial charge in [-0.25, -0.2) is 4.79 Å². The number of oxime groups is 1. The Hall–Kier alpha value is -3.09. The molecule has 7 nitrogen and oxygen atoms in total. The summed E-state index contributed by atoms with van der Waals surface area (Å²) in [7, 11) is 0. The third-order valence-corrected chi connectivity index (χ3v) is 2.99. The molecule has 7 heteroatoms. The van der Waals surface area contributed by atoms with Crippen LogP contribution in [0.5, 0.6) is 0 Å². The van der Waals surface area contributed by atoms with Gasteiger partial charge in [-0.1, -0.05) is 5.16 Å². The fourth-order valence-corrected chi connectivity index (χ4v) is 1.85. The number of ketones is 1. The molecule has 0 heterocycles. The number of nitro benzene ring substituents is 1. The highest BCUT2D eigenvalue weighted by atomic mass is 16.7. The first-order valence-corrected chi connectivity index (χ1v) is 6.33. The number of carbonyl (C=O) groups is 2. The van der Waals surface area contributed by atoms with E-state index >= 15 is 0 Å². The van der Waals surface area contributed by atoms with E-state index in [1.54, 1.807) is 13.8 Å². The van der Waals surface area contributed by atoms with Crippen LogP contribution in [0, 0.1) is 10.1 Å². The molecule has 0 radical (unpaired) electrons. The average Bonchev–Trinajstić information content (AvgIpc) is 2.50. The second-order valence-corrected chi connectivity index (χ2v) is 4.68. The zero-order valence-corrected chi connectivity index (χ0v) is 11.9. The van der Waals surface area contributed by atoms with Crippen molar-refractivity contribution < 1.29 is 19.3 Å². The van der Waals surface area contributed by atoms with Gasteiger partial charge in [0.05, 0.1) is 10.5 Å². The predicted molar refractivity (Wildman–Crippen MR) is 78.5 cm³/mol. The smallest absolute Gasteiger partial charge is 0.312 e. The lowest BCUT2D eigenvalue weighted by molar-refractivity contribution is -0.384. The number of nitro groups is 1. The van der Waals surface area contributed by atoms with Gasteiger partial charge >= 0.3 is 5.97 Å². The molecule has 0 spiro atoms. The van der Waals surface area contributed by atoms with Gasteiger partial charge in [-0.05, 0) is 49.3 Å². The summed E-state index contributed by atoms with van der Waals surface area (Å²) in [5.41, 5.74) is 1.38. The van der Waals surface area contributed by atoms with Crippen molar-refractivity contribution in [3.63, 3.8) is 0 Å². The lowest BCUT2D eigenvalue weighted by Gasteiger charge is -2.07. The average molecular weight is 300 g/mol. The fourth-order valence-electron chi connectivity index (χ4n) is 1.85. The number of rotatable bonds is 3. The van der Waals surface area contributed by atoms with Crippen molar-refractivity contribution in [2.75, 3.05) is 0 Å². The predicted octanol–water partition coefficient (Wildman–Crippen LogP) is 2.58. The van der Waals surface area contributed by atoms with Gasteiger partial charge in [0.1, 0.15) is 5.71 Å². The van der Waals surface area contributed by atoms with Crippen LogP contribution < -0.4 is 0 Å². The first-order chi connectivity index (χ1) is 10.4. The van der Waals surface area contributed by atoms with E-state index in [4.69, 9.17) is 4.84 Å². The third-order valence-electron chi connectivity index (χ3n) is 2.99. The van der Waals surface area contributed by atoms with Gasteiger partial charge < -0.3 is 4.84 Å². The van der Waals surface area contributed by atoms with Crippen LogP contribution in [0.3, 0.4) is 0 Å². The molecule has 0 amide bonds. The summed E-state index contributed by atoms with van der Waals surface area (Å²) in [5, 5.41) is 14.2. The summed E-state index contributed by atoms with van der Waals surface area (Å²) in [6, 6.07) is 4.98. The van der Waals surface area contributed by atoms with E-state index in [2.05, 4.69) is 5.16 Å². The number of allylic oxidation sites excluding steroid dienone is 4. The summed E-state index contributed by atoms with van der Waals surface area (Å²) in [6.07, 6.45) is 3.02. The third kappa shape index (κ3) is 3.32. The van der Waals surface area contributed by atoms with Crippen LogP contribution in [0.4, 0.5) is 5.69 Å². The lowest BCUT2D eigenvalue weighted by Crippen LogP contribution is -2.11. The highest BCUT2D eigenvalue weighted by molar-refractivity contribution is 6.21. The van der Waals surface area contributed by atoms with Crippen molar-refractivity contribution in [2.45, 2.75) is 13.8 Å². The maximum Gasteiger partial charge on any atom is 0.365 e. The number of nitrogens with zero attached hydrogens (tertiary/aromatic N) is 2. The fraction of sp³-hybridized carbons (Fsp3) is 0.133. The molecule has 2 rings (SSSR count). The van der Waals surface area contributed by atoms with Gasteiger partial charge in [0.2, 0.25) is 0 Å². The number of hydrogen-bond acceptors (Lipinski definition) is 6. The molecule has 0 N–H and O–H groups in total. The van der Waals surface area contributed by atoms with Crippen molar-refractivity contribution in [1.82, 2.24) is 0 Å². The molecule has 1 aromatic rings. The molecular weight excluding hydrogens is 288 g/mol. The van der Waals surface area contributed by atoms with Crippen molar-refractivity contribution in [3.05, 3.63) is 63.2 Å². The quantitative estimate of drug-likeness (QED) is 0.370. The highest BCUT2D eigenvalue weighted by Gasteiger charge is 2.15. The zero-order chi connectivity index (χ0) is 16.3. The van der Waals surface area contributed by atoms with Crippen LogP contribution in [-0.4, -0.2) is 22.4 Å². The van der Waals surface area contributed by atoms with Crippen LogP contribution in [0.15, 0.2) is 52.7 Å². The molecule has 22 heavy (non-hydrogen) atoms. The molecule has 0 aromatic heterocycles. The number of Topliss-reactive ketones (excluding diaryl/α,β-unsaturated/α-hetero) is 1. The molecule has 0 fully saturated rings. The molecule has 1 aliphatic rings. The molecule has 1 aromatic carbocycles. The van der Waals surface area contributed by atoms with E-state index in [0.717, 1.165) is 0 Å². The largest absolute Gasteiger partial charge is 0.365 e. The van der Waals surface area contributed by atoms with Gasteiger partial charge in [-0.15, -0.1) is 0 Å². The molecule has 0 unspecified atom stereocenters. The van der Waals surface area contributed by atoms with Crippen LogP contribution in [-0.2, 0) is 9.63 Å². The SMILES string of the molecule is CC1=CC(=NOC(=O)c2ccc([N+](=O)[O-])cc2)C=C(C)C1=O. The molecular formula is C15H12N2O5. The van der Waals surface area contributed by atoms with E-state index in [0.29, 0.717) is 16.9 Å². The van der Waals surface area contributed by atoms with E-state index in [9.17, 15) is 19.7 Å². The molecule has 0 bridgehead atoms.